The van der Waals surface area contributed by atoms with Gasteiger partial charge in [-0.2, -0.15) is 0 Å². The van der Waals surface area contributed by atoms with E-state index in [1.807, 2.05) is 30.3 Å². The number of ether oxygens (including phenoxy) is 3. The van der Waals surface area contributed by atoms with Gasteiger partial charge in [0.05, 0.1) is 30.2 Å². The molecule has 1 saturated heterocycles. The van der Waals surface area contributed by atoms with E-state index in [4.69, 9.17) is 14.2 Å². The maximum absolute atomic E-state index is 12.1. The highest BCUT2D eigenvalue weighted by molar-refractivity contribution is 5.73. The third kappa shape index (κ3) is 4.00. The van der Waals surface area contributed by atoms with Gasteiger partial charge in [-0.3, -0.25) is 14.9 Å². The molecule has 3 rings (SSSR count). The maximum atomic E-state index is 12.1. The standard InChI is InChI=1S/C19H19NO6/c1-24-19(21)17-11-16(12-25-15-5-3-2-4-6-15)26-18(17)13-7-9-14(10-8-13)20(22)23/h2-10,16-18H,11-12H2,1H3/t16-,17+,18-/m0/s1. The molecule has 0 spiro atoms. The Balaban J connectivity index is 1.72. The fourth-order valence-electron chi connectivity index (χ4n) is 3.05. The molecule has 136 valence electrons. The van der Waals surface area contributed by atoms with Gasteiger partial charge in [-0.25, -0.2) is 0 Å². The van der Waals surface area contributed by atoms with E-state index in [-0.39, 0.29) is 17.8 Å². The van der Waals surface area contributed by atoms with Gasteiger partial charge in [-0.15, -0.1) is 0 Å². The summed E-state index contributed by atoms with van der Waals surface area (Å²) in [4.78, 5) is 22.5. The molecule has 0 saturated carbocycles. The molecule has 0 amide bonds. The van der Waals surface area contributed by atoms with Crippen molar-refractivity contribution in [2.24, 2.45) is 5.92 Å². The average Bonchev–Trinajstić information content (AvgIpc) is 3.11. The van der Waals surface area contributed by atoms with Gasteiger partial charge in [0.25, 0.3) is 5.69 Å². The normalized spacial score (nSPS) is 22.0. The second-order valence-electron chi connectivity index (χ2n) is 6.02. The van der Waals surface area contributed by atoms with E-state index in [9.17, 15) is 14.9 Å². The minimum absolute atomic E-state index is 0.00896. The van der Waals surface area contributed by atoms with Crippen molar-refractivity contribution < 1.29 is 23.9 Å². The van der Waals surface area contributed by atoms with E-state index in [0.29, 0.717) is 18.6 Å². The van der Waals surface area contributed by atoms with Crippen LogP contribution in [0.3, 0.4) is 0 Å². The first-order valence-corrected chi connectivity index (χ1v) is 8.24. The summed E-state index contributed by atoms with van der Waals surface area (Å²) in [5, 5.41) is 10.8. The number of carbonyl (C=O) groups is 1. The van der Waals surface area contributed by atoms with E-state index in [1.54, 1.807) is 12.1 Å². The summed E-state index contributed by atoms with van der Waals surface area (Å²) < 4.78 is 16.6. The quantitative estimate of drug-likeness (QED) is 0.448. The Kier molecular flexibility index (Phi) is 5.48. The number of hydrogen-bond acceptors (Lipinski definition) is 6. The van der Waals surface area contributed by atoms with Gasteiger partial charge in [0.1, 0.15) is 12.4 Å². The van der Waals surface area contributed by atoms with Crippen molar-refractivity contribution in [3.05, 3.63) is 70.3 Å². The largest absolute Gasteiger partial charge is 0.491 e. The van der Waals surface area contributed by atoms with E-state index < -0.39 is 16.9 Å². The molecule has 26 heavy (non-hydrogen) atoms. The van der Waals surface area contributed by atoms with Gasteiger partial charge in [0, 0.05) is 12.1 Å². The fraction of sp³-hybridized carbons (Fsp3) is 0.316. The van der Waals surface area contributed by atoms with Gasteiger partial charge in [-0.1, -0.05) is 18.2 Å². The first-order chi connectivity index (χ1) is 12.6. The summed E-state index contributed by atoms with van der Waals surface area (Å²) in [7, 11) is 1.34. The number of nitrogens with zero attached hydrogens (tertiary/aromatic N) is 1. The number of hydrogen-bond donors (Lipinski definition) is 0. The molecule has 3 atom stereocenters. The lowest BCUT2D eigenvalue weighted by molar-refractivity contribution is -0.384. The van der Waals surface area contributed by atoms with Crippen molar-refractivity contribution in [3.8, 4) is 5.75 Å². The lowest BCUT2D eigenvalue weighted by Crippen LogP contribution is -2.20. The first kappa shape index (κ1) is 17.9. The van der Waals surface area contributed by atoms with Crippen LogP contribution in [0.5, 0.6) is 5.75 Å². The summed E-state index contributed by atoms with van der Waals surface area (Å²) in [5.74, 6) is -0.120. The van der Waals surface area contributed by atoms with Crippen LogP contribution < -0.4 is 4.74 Å². The van der Waals surface area contributed by atoms with Gasteiger partial charge >= 0.3 is 5.97 Å². The maximum Gasteiger partial charge on any atom is 0.311 e. The monoisotopic (exact) mass is 357 g/mol. The van der Waals surface area contributed by atoms with Crippen molar-refractivity contribution in [2.45, 2.75) is 18.6 Å². The average molecular weight is 357 g/mol. The van der Waals surface area contributed by atoms with Crippen molar-refractivity contribution in [2.75, 3.05) is 13.7 Å². The van der Waals surface area contributed by atoms with Gasteiger partial charge in [0.2, 0.25) is 0 Å². The zero-order chi connectivity index (χ0) is 18.5. The minimum Gasteiger partial charge on any atom is -0.491 e. The van der Waals surface area contributed by atoms with Crippen LogP contribution in [0.2, 0.25) is 0 Å². The van der Waals surface area contributed by atoms with E-state index in [2.05, 4.69) is 0 Å². The van der Waals surface area contributed by atoms with Crippen LogP contribution in [0, 0.1) is 16.0 Å². The Morgan fingerprint density at radius 1 is 1.19 bits per heavy atom. The van der Waals surface area contributed by atoms with Crippen molar-refractivity contribution in [1.29, 1.82) is 0 Å². The highest BCUT2D eigenvalue weighted by Crippen LogP contribution is 2.39. The summed E-state index contributed by atoms with van der Waals surface area (Å²) in [6.45, 7) is 0.307. The van der Waals surface area contributed by atoms with Crippen LogP contribution in [-0.2, 0) is 14.3 Å². The topological polar surface area (TPSA) is 87.9 Å². The minimum atomic E-state index is -0.521. The van der Waals surface area contributed by atoms with E-state index >= 15 is 0 Å². The lowest BCUT2D eigenvalue weighted by Gasteiger charge is -2.17. The lowest BCUT2D eigenvalue weighted by atomic mass is 9.94. The number of nitro groups is 1. The van der Waals surface area contributed by atoms with Crippen molar-refractivity contribution in [1.82, 2.24) is 0 Å². The number of nitro benzene ring substituents is 1. The first-order valence-electron chi connectivity index (χ1n) is 8.24. The Labute approximate surface area is 150 Å². The molecule has 0 radical (unpaired) electrons. The number of esters is 1. The molecule has 0 unspecified atom stereocenters. The van der Waals surface area contributed by atoms with E-state index in [1.165, 1.54) is 19.2 Å². The highest BCUT2D eigenvalue weighted by Gasteiger charge is 2.41. The number of para-hydroxylation sites is 1. The van der Waals surface area contributed by atoms with Crippen molar-refractivity contribution in [3.63, 3.8) is 0 Å². The summed E-state index contributed by atoms with van der Waals surface area (Å²) >= 11 is 0. The smallest absolute Gasteiger partial charge is 0.311 e. The van der Waals surface area contributed by atoms with Gasteiger partial charge in [0.15, 0.2) is 0 Å². The third-order valence-corrected chi connectivity index (χ3v) is 4.34. The third-order valence-electron chi connectivity index (χ3n) is 4.34. The fourth-order valence-corrected chi connectivity index (χ4v) is 3.05. The van der Waals surface area contributed by atoms with E-state index in [0.717, 1.165) is 5.75 Å². The van der Waals surface area contributed by atoms with Crippen LogP contribution in [0.25, 0.3) is 0 Å². The molecule has 1 fully saturated rings. The molecule has 1 aliphatic heterocycles. The Bertz CT molecular complexity index is 761. The molecule has 7 heteroatoms. The molecule has 1 aliphatic rings. The Morgan fingerprint density at radius 2 is 1.88 bits per heavy atom. The SMILES string of the molecule is COC(=O)[C@@H]1C[C@@H](COc2ccccc2)O[C@H]1c1ccc([N+](=O)[O-])cc1. The molecule has 2 aromatic carbocycles. The van der Waals surface area contributed by atoms with Gasteiger partial charge < -0.3 is 14.2 Å². The Morgan fingerprint density at radius 3 is 2.50 bits per heavy atom. The number of non-ortho nitro benzene ring substituents is 1. The summed E-state index contributed by atoms with van der Waals surface area (Å²) in [6.07, 6.45) is -0.339. The second kappa shape index (κ2) is 7.97. The summed E-state index contributed by atoms with van der Waals surface area (Å²) in [5.41, 5.74) is 0.693. The molecular formula is C19H19NO6. The van der Waals surface area contributed by atoms with Gasteiger partial charge in [-0.05, 0) is 36.2 Å². The molecular weight excluding hydrogens is 338 g/mol. The van der Waals surface area contributed by atoms with Crippen LogP contribution in [0.1, 0.15) is 18.1 Å². The van der Waals surface area contributed by atoms with Crippen LogP contribution >= 0.6 is 0 Å². The highest BCUT2D eigenvalue weighted by atomic mass is 16.6. The molecule has 1 heterocycles. The number of rotatable bonds is 6. The predicted molar refractivity (Wildman–Crippen MR) is 92.8 cm³/mol. The molecule has 0 aliphatic carbocycles. The molecule has 0 aromatic heterocycles. The van der Waals surface area contributed by atoms with Crippen LogP contribution in [0.4, 0.5) is 5.69 Å². The zero-order valence-electron chi connectivity index (χ0n) is 14.2. The number of benzene rings is 2. The van der Waals surface area contributed by atoms with Crippen molar-refractivity contribution >= 4 is 11.7 Å². The molecule has 7 nitrogen and oxygen atoms in total. The Hall–Kier alpha value is -2.93. The summed E-state index contributed by atoms with van der Waals surface area (Å²) in [6, 6.07) is 15.4. The molecule has 0 bridgehead atoms. The number of methoxy groups -OCH3 is 1. The second-order valence-corrected chi connectivity index (χ2v) is 6.02. The predicted octanol–water partition coefficient (Wildman–Crippen LogP) is 3.29. The zero-order valence-corrected chi connectivity index (χ0v) is 14.2. The van der Waals surface area contributed by atoms with Crippen LogP contribution in [-0.4, -0.2) is 30.7 Å². The molecule has 2 aromatic rings. The van der Waals surface area contributed by atoms with Crippen LogP contribution in [0.15, 0.2) is 54.6 Å². The molecule has 0 N–H and O–H groups in total. The number of carbonyl (C=O) groups excluding carboxylic acids is 1.